The van der Waals surface area contributed by atoms with E-state index in [2.05, 4.69) is 22.8 Å². The maximum absolute atomic E-state index is 13.5. The fourth-order valence-electron chi connectivity index (χ4n) is 6.35. The zero-order valence-electron chi connectivity index (χ0n) is 24.0. The normalized spacial score (nSPS) is 18.6. The third-order valence-electron chi connectivity index (χ3n) is 8.80. The van der Waals surface area contributed by atoms with Crippen LogP contribution in [-0.2, 0) is 11.2 Å². The molecule has 3 aliphatic heterocycles. The SMILES string of the molecule is CCc1nc2sc(N3CCC4(CC3)CN(CC(=O)N3CC(O)C3)C4)nn2c1N(C)c1nc(-c2ccc(F)cc2)c(C#N)s1. The minimum atomic E-state index is -0.362. The van der Waals surface area contributed by atoms with Gasteiger partial charge >= 0.3 is 0 Å². The summed E-state index contributed by atoms with van der Waals surface area (Å²) in [6, 6.07) is 8.26. The molecule has 1 amide bonds. The first-order chi connectivity index (χ1) is 20.8. The predicted octanol–water partition coefficient (Wildman–Crippen LogP) is 3.36. The van der Waals surface area contributed by atoms with Gasteiger partial charge in [0.2, 0.25) is 16.0 Å². The molecule has 43 heavy (non-hydrogen) atoms. The van der Waals surface area contributed by atoms with Crippen LogP contribution in [0.4, 0.5) is 20.5 Å². The standard InChI is InChI=1S/C29H32FN9O2S2/c1-3-21-25(35(2)26-33-24(22(12-31)42-26)18-4-6-19(30)7-5-18)39-27(32-21)43-28(34-39)37-10-8-29(9-11-37)16-36(17-29)15-23(41)38-13-20(40)14-38/h4-7,20,40H,3,8-11,13-17H2,1-2H3. The first-order valence-corrected chi connectivity index (χ1v) is 16.1. The van der Waals surface area contributed by atoms with Gasteiger partial charge in [-0.3, -0.25) is 9.69 Å². The van der Waals surface area contributed by atoms with Crippen molar-refractivity contribution in [3.05, 3.63) is 40.7 Å². The minimum absolute atomic E-state index is 0.115. The molecule has 3 aliphatic rings. The fourth-order valence-corrected chi connectivity index (χ4v) is 8.16. The van der Waals surface area contributed by atoms with E-state index in [1.807, 2.05) is 16.5 Å². The Balaban J connectivity index is 1.05. The number of imidazole rings is 1. The molecule has 7 rings (SSSR count). The number of thiazole rings is 1. The molecule has 14 heteroatoms. The molecule has 0 bridgehead atoms. The second-order valence-corrected chi connectivity index (χ2v) is 13.7. The summed E-state index contributed by atoms with van der Waals surface area (Å²) in [5.41, 5.74) is 2.39. The van der Waals surface area contributed by atoms with E-state index in [-0.39, 0.29) is 23.2 Å². The number of fused-ring (bicyclic) bond motifs is 1. The van der Waals surface area contributed by atoms with Crippen molar-refractivity contribution >= 4 is 49.6 Å². The zero-order chi connectivity index (χ0) is 29.9. The van der Waals surface area contributed by atoms with Crippen molar-refractivity contribution in [2.45, 2.75) is 32.3 Å². The average Bonchev–Trinajstić information content (AvgIpc) is 3.68. The highest BCUT2D eigenvalue weighted by atomic mass is 32.1. The number of nitrogens with zero attached hydrogens (tertiary/aromatic N) is 9. The molecule has 3 saturated heterocycles. The van der Waals surface area contributed by atoms with Gasteiger partial charge in [-0.15, -0.1) is 5.10 Å². The number of carbonyl (C=O) groups is 1. The van der Waals surface area contributed by atoms with Crippen LogP contribution in [0.15, 0.2) is 24.3 Å². The Morgan fingerprint density at radius 3 is 2.56 bits per heavy atom. The van der Waals surface area contributed by atoms with Crippen LogP contribution in [0.3, 0.4) is 0 Å². The van der Waals surface area contributed by atoms with Crippen LogP contribution in [0.1, 0.15) is 30.3 Å². The van der Waals surface area contributed by atoms with Crippen LogP contribution in [0.25, 0.3) is 16.2 Å². The molecule has 6 heterocycles. The van der Waals surface area contributed by atoms with Gasteiger partial charge in [0.15, 0.2) is 10.9 Å². The summed E-state index contributed by atoms with van der Waals surface area (Å²) in [6.45, 7) is 7.12. The lowest BCUT2D eigenvalue weighted by atomic mass is 9.72. The van der Waals surface area contributed by atoms with Crippen LogP contribution in [0.5, 0.6) is 0 Å². The van der Waals surface area contributed by atoms with Crippen molar-refractivity contribution < 1.29 is 14.3 Å². The van der Waals surface area contributed by atoms with Crippen molar-refractivity contribution in [2.75, 3.05) is 62.7 Å². The number of aryl methyl sites for hydroxylation is 1. The van der Waals surface area contributed by atoms with Gasteiger partial charge in [0.25, 0.3) is 0 Å². The van der Waals surface area contributed by atoms with E-state index in [0.717, 1.165) is 67.0 Å². The highest BCUT2D eigenvalue weighted by Crippen LogP contribution is 2.43. The van der Waals surface area contributed by atoms with Crippen molar-refractivity contribution in [1.29, 1.82) is 5.26 Å². The van der Waals surface area contributed by atoms with Crippen molar-refractivity contribution in [2.24, 2.45) is 5.41 Å². The van der Waals surface area contributed by atoms with Crippen LogP contribution < -0.4 is 9.80 Å². The van der Waals surface area contributed by atoms with Crippen LogP contribution in [-0.4, -0.2) is 99.4 Å². The van der Waals surface area contributed by atoms with Crippen molar-refractivity contribution in [3.63, 3.8) is 0 Å². The summed E-state index contributed by atoms with van der Waals surface area (Å²) < 4.78 is 15.4. The van der Waals surface area contributed by atoms with Crippen LogP contribution in [0.2, 0.25) is 0 Å². The molecule has 3 fully saturated rings. The molecular weight excluding hydrogens is 590 g/mol. The maximum Gasteiger partial charge on any atom is 0.236 e. The molecular formula is C29H32FN9O2S2. The predicted molar refractivity (Wildman–Crippen MR) is 163 cm³/mol. The molecule has 1 N–H and O–H groups in total. The first-order valence-electron chi connectivity index (χ1n) is 14.5. The molecule has 0 atom stereocenters. The maximum atomic E-state index is 13.5. The summed E-state index contributed by atoms with van der Waals surface area (Å²) in [7, 11) is 1.91. The van der Waals surface area contributed by atoms with Gasteiger partial charge in [0.1, 0.15) is 22.5 Å². The number of carbonyl (C=O) groups excluding carboxylic acids is 1. The highest BCUT2D eigenvalue weighted by Gasteiger charge is 2.46. The number of hydrogen-bond donors (Lipinski definition) is 1. The number of hydrogen-bond acceptors (Lipinski definition) is 11. The van der Waals surface area contributed by atoms with E-state index in [0.29, 0.717) is 40.9 Å². The monoisotopic (exact) mass is 621 g/mol. The molecule has 11 nitrogen and oxygen atoms in total. The third kappa shape index (κ3) is 5.04. The Labute approximate surface area is 256 Å². The van der Waals surface area contributed by atoms with Gasteiger partial charge < -0.3 is 19.8 Å². The summed E-state index contributed by atoms with van der Waals surface area (Å²) in [5, 5.41) is 25.8. The summed E-state index contributed by atoms with van der Waals surface area (Å²) in [6.07, 6.45) is 2.46. The second-order valence-electron chi connectivity index (χ2n) is 11.8. The summed E-state index contributed by atoms with van der Waals surface area (Å²) in [5.74, 6) is 0.605. The average molecular weight is 622 g/mol. The van der Waals surface area contributed by atoms with E-state index in [9.17, 15) is 19.6 Å². The first kappa shape index (κ1) is 28.1. The number of amides is 1. The smallest absolute Gasteiger partial charge is 0.236 e. The Morgan fingerprint density at radius 2 is 1.91 bits per heavy atom. The third-order valence-corrected chi connectivity index (χ3v) is 10.8. The molecule has 0 radical (unpaired) electrons. The Morgan fingerprint density at radius 1 is 1.19 bits per heavy atom. The number of β-amino-alcohol motifs (C(OH)–C–C–N with tert-alkyl or cyclic N) is 1. The van der Waals surface area contributed by atoms with Crippen LogP contribution >= 0.6 is 22.7 Å². The van der Waals surface area contributed by atoms with Gasteiger partial charge in [-0.05, 0) is 48.9 Å². The molecule has 3 aromatic heterocycles. The number of aliphatic hydroxyl groups excluding tert-OH is 1. The summed E-state index contributed by atoms with van der Waals surface area (Å²) in [4.78, 5) is 31.6. The van der Waals surface area contributed by atoms with E-state index in [1.165, 1.54) is 23.5 Å². The lowest BCUT2D eigenvalue weighted by molar-refractivity contribution is -0.146. The minimum Gasteiger partial charge on any atom is -0.389 e. The number of halogens is 1. The van der Waals surface area contributed by atoms with Gasteiger partial charge in [-0.1, -0.05) is 29.6 Å². The molecule has 1 aromatic carbocycles. The second kappa shape index (κ2) is 10.8. The lowest BCUT2D eigenvalue weighted by Gasteiger charge is -2.54. The van der Waals surface area contributed by atoms with Crippen molar-refractivity contribution in [3.8, 4) is 17.3 Å². The van der Waals surface area contributed by atoms with Crippen molar-refractivity contribution in [1.82, 2.24) is 29.4 Å². The number of aliphatic hydroxyl groups is 1. The molecule has 1 spiro atoms. The Kier molecular flexibility index (Phi) is 7.08. The van der Waals surface area contributed by atoms with E-state index in [1.54, 1.807) is 28.4 Å². The highest BCUT2D eigenvalue weighted by molar-refractivity contribution is 7.20. The number of benzene rings is 1. The largest absolute Gasteiger partial charge is 0.389 e. The quantitative estimate of drug-likeness (QED) is 0.332. The number of rotatable bonds is 7. The fraction of sp³-hybridized carbons (Fsp3) is 0.483. The zero-order valence-corrected chi connectivity index (χ0v) is 25.7. The molecule has 224 valence electrons. The van der Waals surface area contributed by atoms with Gasteiger partial charge in [-0.2, -0.15) is 9.78 Å². The molecule has 0 saturated carbocycles. The number of piperidine rings is 1. The molecule has 4 aromatic rings. The van der Waals surface area contributed by atoms with E-state index < -0.39 is 0 Å². The number of aromatic nitrogens is 4. The Bertz CT molecular complexity index is 1700. The Hall–Kier alpha value is -3.64. The van der Waals surface area contributed by atoms with E-state index >= 15 is 0 Å². The molecule has 0 aliphatic carbocycles. The topological polar surface area (TPSA) is 117 Å². The van der Waals surface area contributed by atoms with Gasteiger partial charge in [-0.25, -0.2) is 14.4 Å². The number of likely N-dealkylation sites (tertiary alicyclic amines) is 2. The number of anilines is 3. The lowest BCUT2D eigenvalue weighted by Crippen LogP contribution is -2.63. The van der Waals surface area contributed by atoms with Crippen LogP contribution in [0, 0.1) is 22.6 Å². The molecule has 0 unspecified atom stereocenters. The van der Waals surface area contributed by atoms with Gasteiger partial charge in [0.05, 0.1) is 18.3 Å². The number of nitriles is 1. The van der Waals surface area contributed by atoms with Gasteiger partial charge in [0, 0.05) is 51.9 Å². The summed E-state index contributed by atoms with van der Waals surface area (Å²) >= 11 is 2.87. The van der Waals surface area contributed by atoms with E-state index in [4.69, 9.17) is 15.1 Å².